The summed E-state index contributed by atoms with van der Waals surface area (Å²) in [5, 5.41) is 11.5. The summed E-state index contributed by atoms with van der Waals surface area (Å²) < 4.78 is 26.7. The highest BCUT2D eigenvalue weighted by molar-refractivity contribution is 7.89. The van der Waals surface area contributed by atoms with Gasteiger partial charge in [-0.3, -0.25) is 19.2 Å². The Kier molecular flexibility index (Phi) is 11.9. The molecule has 0 aromatic rings. The van der Waals surface area contributed by atoms with Gasteiger partial charge in [-0.25, -0.2) is 13.2 Å². The van der Waals surface area contributed by atoms with E-state index in [0.29, 0.717) is 25.9 Å². The van der Waals surface area contributed by atoms with Crippen molar-refractivity contribution in [3.63, 3.8) is 0 Å². The summed E-state index contributed by atoms with van der Waals surface area (Å²) in [6, 6.07) is -3.78. The van der Waals surface area contributed by atoms with Gasteiger partial charge in [-0.15, -0.1) is 6.58 Å². The van der Waals surface area contributed by atoms with Crippen molar-refractivity contribution in [3.05, 3.63) is 12.7 Å². The molecule has 0 aromatic heterocycles. The van der Waals surface area contributed by atoms with E-state index >= 15 is 0 Å². The molecule has 5 fully saturated rings. The topological polar surface area (TPSA) is 174 Å². The van der Waals surface area contributed by atoms with Gasteiger partial charge in [0.25, 0.3) is 5.91 Å². The van der Waals surface area contributed by atoms with Crippen molar-refractivity contribution in [1.82, 2.24) is 30.5 Å². The van der Waals surface area contributed by atoms with Crippen LogP contribution in [-0.2, 0) is 29.2 Å². The number of nitrogens with one attached hydrogen (secondary N) is 4. The molecule has 6 atom stereocenters. The number of rotatable bonds is 14. The molecule has 0 spiro atoms. The summed E-state index contributed by atoms with van der Waals surface area (Å²) in [7, 11) is -3.38. The summed E-state index contributed by atoms with van der Waals surface area (Å²) in [6.45, 7) is 14.6. The standard InChI is InChI=1S/C37H60N6O7S/c1-7-17-38-33(46)31(44)26(20-23-13-11-14-23)39-32(45)30-28-25(37(28,5)6)21-43(30)34(47)29(24-15-9-8-10-16-24)41-35(48)40-27(36(2,3)4)22-42-18-12-19-51(42,49)50/h7,23-30H,1,8-22H2,2-6H3,(H,38,46)(H,39,45)(H2,40,41,48)/t25-,26?,27+,28-,29-,30-/m0/s1. The Morgan fingerprint density at radius 3 is 2.20 bits per heavy atom. The van der Waals surface area contributed by atoms with Crippen LogP contribution in [0.1, 0.15) is 98.8 Å². The van der Waals surface area contributed by atoms with Crippen molar-refractivity contribution < 1.29 is 32.4 Å². The molecule has 5 aliphatic rings. The molecule has 3 aliphatic carbocycles. The van der Waals surface area contributed by atoms with Crippen molar-refractivity contribution in [2.45, 2.75) is 123 Å². The minimum Gasteiger partial charge on any atom is -0.346 e. The molecule has 286 valence electrons. The SMILES string of the molecule is C=CCNC(=O)C(=O)C(CC1CCC1)NC(=O)[C@@H]1[C@@H]2[C@H](CN1C(=O)[C@@H](NC(=O)N[C@H](CN1CCCS1(=O)=O)C(C)(C)C)C1CCCCC1)C2(C)C. The molecule has 4 N–H and O–H groups in total. The number of carbonyl (C=O) groups is 5. The summed E-state index contributed by atoms with van der Waals surface area (Å²) >= 11 is 0. The van der Waals surface area contributed by atoms with Crippen molar-refractivity contribution in [2.75, 3.05) is 31.9 Å². The fourth-order valence-electron chi connectivity index (χ4n) is 8.78. The van der Waals surface area contributed by atoms with Crippen LogP contribution in [0.5, 0.6) is 0 Å². The lowest BCUT2D eigenvalue weighted by Gasteiger charge is -2.38. The van der Waals surface area contributed by atoms with Gasteiger partial charge in [-0.05, 0) is 60.2 Å². The van der Waals surface area contributed by atoms with E-state index in [0.717, 1.165) is 51.4 Å². The zero-order valence-electron chi connectivity index (χ0n) is 31.2. The second kappa shape index (κ2) is 15.5. The van der Waals surface area contributed by atoms with Gasteiger partial charge in [0.05, 0.1) is 11.8 Å². The number of sulfonamides is 1. The van der Waals surface area contributed by atoms with Crippen LogP contribution in [0.2, 0.25) is 0 Å². The van der Waals surface area contributed by atoms with Crippen molar-refractivity contribution in [3.8, 4) is 0 Å². The number of Topliss-reactive ketones (excluding diaryl/α,β-unsaturated/α-hetero) is 1. The lowest BCUT2D eigenvalue weighted by Crippen LogP contribution is -2.62. The van der Waals surface area contributed by atoms with Crippen LogP contribution in [0.25, 0.3) is 0 Å². The second-order valence-corrected chi connectivity index (χ2v) is 19.4. The number of amides is 5. The van der Waals surface area contributed by atoms with E-state index in [2.05, 4.69) is 41.7 Å². The molecule has 2 aliphatic heterocycles. The quantitative estimate of drug-likeness (QED) is 0.157. The van der Waals surface area contributed by atoms with E-state index in [1.807, 2.05) is 20.8 Å². The first-order chi connectivity index (χ1) is 24.0. The highest BCUT2D eigenvalue weighted by Crippen LogP contribution is 2.65. The third-order valence-electron chi connectivity index (χ3n) is 12.4. The van der Waals surface area contributed by atoms with Crippen LogP contribution in [0.3, 0.4) is 0 Å². The smallest absolute Gasteiger partial charge is 0.315 e. The van der Waals surface area contributed by atoms with Gasteiger partial charge in [0, 0.05) is 32.2 Å². The maximum atomic E-state index is 14.7. The molecule has 13 nitrogen and oxygen atoms in total. The number of piperidine rings is 1. The Hall–Kier alpha value is -3.00. The predicted octanol–water partition coefficient (Wildman–Crippen LogP) is 2.71. The summed E-state index contributed by atoms with van der Waals surface area (Å²) in [5.74, 6) is -2.07. The number of ketones is 1. The maximum absolute atomic E-state index is 14.7. The van der Waals surface area contributed by atoms with E-state index < -0.39 is 63.2 Å². The monoisotopic (exact) mass is 732 g/mol. The molecule has 0 radical (unpaired) electrons. The molecule has 2 heterocycles. The predicted molar refractivity (Wildman–Crippen MR) is 194 cm³/mol. The zero-order valence-corrected chi connectivity index (χ0v) is 32.0. The number of carbonyl (C=O) groups excluding carboxylic acids is 5. The third-order valence-corrected chi connectivity index (χ3v) is 14.4. The molecule has 0 aromatic carbocycles. The number of hydrogen-bond acceptors (Lipinski definition) is 7. The Bertz CT molecular complexity index is 1470. The van der Waals surface area contributed by atoms with Gasteiger partial charge in [0.1, 0.15) is 12.1 Å². The number of fused-ring (bicyclic) bond motifs is 1. The largest absolute Gasteiger partial charge is 0.346 e. The average Bonchev–Trinajstić information content (AvgIpc) is 3.34. The minimum atomic E-state index is -3.38. The molecular formula is C37H60N6O7S. The van der Waals surface area contributed by atoms with E-state index in [1.54, 1.807) is 4.90 Å². The van der Waals surface area contributed by atoms with Gasteiger partial charge in [-0.2, -0.15) is 4.31 Å². The van der Waals surface area contributed by atoms with Crippen LogP contribution in [0.15, 0.2) is 12.7 Å². The first kappa shape index (κ1) is 39.2. The third kappa shape index (κ3) is 8.80. The van der Waals surface area contributed by atoms with E-state index in [1.165, 1.54) is 10.4 Å². The average molecular weight is 733 g/mol. The van der Waals surface area contributed by atoms with Crippen LogP contribution in [-0.4, -0.2) is 103 Å². The van der Waals surface area contributed by atoms with E-state index in [9.17, 15) is 32.4 Å². The molecule has 14 heteroatoms. The Labute approximate surface area is 303 Å². The van der Waals surface area contributed by atoms with Crippen molar-refractivity contribution in [2.24, 2.45) is 34.5 Å². The van der Waals surface area contributed by atoms with Gasteiger partial charge in [-0.1, -0.05) is 79.2 Å². The first-order valence-electron chi connectivity index (χ1n) is 19.0. The molecular weight excluding hydrogens is 673 g/mol. The highest BCUT2D eigenvalue weighted by atomic mass is 32.2. The van der Waals surface area contributed by atoms with Crippen molar-refractivity contribution in [1.29, 1.82) is 0 Å². The maximum Gasteiger partial charge on any atom is 0.315 e. The van der Waals surface area contributed by atoms with Crippen LogP contribution >= 0.6 is 0 Å². The first-order valence-corrected chi connectivity index (χ1v) is 20.6. The number of hydrogen-bond donors (Lipinski definition) is 4. The number of nitrogens with zero attached hydrogens (tertiary/aromatic N) is 2. The molecule has 5 rings (SSSR count). The highest BCUT2D eigenvalue weighted by Gasteiger charge is 2.69. The molecule has 2 saturated heterocycles. The van der Waals surface area contributed by atoms with Crippen molar-refractivity contribution >= 4 is 39.6 Å². The number of likely N-dealkylation sites (tertiary alicyclic amines) is 1. The van der Waals surface area contributed by atoms with Crippen LogP contribution in [0, 0.1) is 34.5 Å². The molecule has 51 heavy (non-hydrogen) atoms. The van der Waals surface area contributed by atoms with Gasteiger partial charge in [0.15, 0.2) is 0 Å². The molecule has 0 bridgehead atoms. The lowest BCUT2D eigenvalue weighted by molar-refractivity contribution is -0.145. The van der Waals surface area contributed by atoms with Gasteiger partial charge >= 0.3 is 6.03 Å². The molecule has 1 unspecified atom stereocenters. The Balaban J connectivity index is 1.35. The number of urea groups is 1. The minimum absolute atomic E-state index is 0.0855. The molecule has 5 amide bonds. The van der Waals surface area contributed by atoms with E-state index in [4.69, 9.17) is 0 Å². The van der Waals surface area contributed by atoms with Crippen LogP contribution < -0.4 is 21.3 Å². The fourth-order valence-corrected chi connectivity index (χ4v) is 10.3. The lowest BCUT2D eigenvalue weighted by atomic mass is 9.80. The van der Waals surface area contributed by atoms with Gasteiger partial charge < -0.3 is 26.2 Å². The van der Waals surface area contributed by atoms with E-state index in [-0.39, 0.29) is 53.8 Å². The van der Waals surface area contributed by atoms with Gasteiger partial charge in [0.2, 0.25) is 27.6 Å². The second-order valence-electron chi connectivity index (χ2n) is 17.3. The van der Waals surface area contributed by atoms with Crippen LogP contribution in [0.4, 0.5) is 4.79 Å². The fraction of sp³-hybridized carbons (Fsp3) is 0.811. The molecule has 3 saturated carbocycles. The summed E-state index contributed by atoms with van der Waals surface area (Å²) in [5.41, 5.74) is -0.657. The zero-order chi connectivity index (χ0) is 37.3. The summed E-state index contributed by atoms with van der Waals surface area (Å²) in [4.78, 5) is 70.3. The summed E-state index contributed by atoms with van der Waals surface area (Å²) in [6.07, 6.45) is 9.72. The Morgan fingerprint density at radius 1 is 0.941 bits per heavy atom. The Morgan fingerprint density at radius 2 is 1.63 bits per heavy atom. The normalized spacial score (nSPS) is 27.6.